The molecule has 1 aromatic rings. The molecule has 1 nitrogen and oxygen atoms in total. The highest BCUT2D eigenvalue weighted by atomic mass is 79.9. The van der Waals surface area contributed by atoms with E-state index in [4.69, 9.17) is 0 Å². The highest BCUT2D eigenvalue weighted by molar-refractivity contribution is 9.09. The Morgan fingerprint density at radius 1 is 1.11 bits per heavy atom. The summed E-state index contributed by atoms with van der Waals surface area (Å²) in [5, 5.41) is 1.08. The number of alkyl halides is 1. The first-order chi connectivity index (χ1) is 9.35. The predicted octanol–water partition coefficient (Wildman–Crippen LogP) is 4.32. The van der Waals surface area contributed by atoms with Gasteiger partial charge in [0.1, 0.15) is 0 Å². The monoisotopic (exact) mass is 321 g/mol. The van der Waals surface area contributed by atoms with E-state index in [0.29, 0.717) is 0 Å². The molecule has 2 aliphatic rings. The molecule has 0 amide bonds. The van der Waals surface area contributed by atoms with Gasteiger partial charge in [-0.15, -0.1) is 0 Å². The Kier molecular flexibility index (Phi) is 4.60. The lowest BCUT2D eigenvalue weighted by molar-refractivity contribution is 0.192. The van der Waals surface area contributed by atoms with E-state index < -0.39 is 0 Å². The van der Waals surface area contributed by atoms with E-state index >= 15 is 0 Å². The standard InChI is InChI=1S/C17H24BrN/c18-8-9-19(12-14-4-2-1-3-5-14)13-17-11-15-6-7-16(17)10-15/h1-5,15-17H,6-13H2. The van der Waals surface area contributed by atoms with Crippen LogP contribution in [0.1, 0.15) is 31.2 Å². The average molecular weight is 322 g/mol. The van der Waals surface area contributed by atoms with Crippen molar-refractivity contribution in [1.29, 1.82) is 0 Å². The van der Waals surface area contributed by atoms with Crippen LogP contribution in [-0.2, 0) is 6.54 Å². The minimum Gasteiger partial charge on any atom is -0.298 e. The van der Waals surface area contributed by atoms with Gasteiger partial charge in [0.05, 0.1) is 0 Å². The Morgan fingerprint density at radius 2 is 1.95 bits per heavy atom. The third-order valence-corrected chi connectivity index (χ3v) is 5.38. The lowest BCUT2D eigenvalue weighted by Crippen LogP contribution is -2.33. The van der Waals surface area contributed by atoms with Gasteiger partial charge in [-0.3, -0.25) is 4.90 Å². The summed E-state index contributed by atoms with van der Waals surface area (Å²) in [7, 11) is 0. The van der Waals surface area contributed by atoms with Crippen molar-refractivity contribution in [3.05, 3.63) is 35.9 Å². The molecule has 2 aliphatic carbocycles. The topological polar surface area (TPSA) is 3.24 Å². The maximum atomic E-state index is 3.61. The second kappa shape index (κ2) is 6.41. The van der Waals surface area contributed by atoms with Crippen molar-refractivity contribution in [2.24, 2.45) is 17.8 Å². The molecule has 2 bridgehead atoms. The Labute approximate surface area is 125 Å². The Hall–Kier alpha value is -0.340. The number of hydrogen-bond donors (Lipinski definition) is 0. The van der Waals surface area contributed by atoms with E-state index in [1.165, 1.54) is 44.3 Å². The Bertz CT molecular complexity index is 392. The SMILES string of the molecule is BrCCN(Cc1ccccc1)CC1CC2CCC1C2. The van der Waals surface area contributed by atoms with Gasteiger partial charge in [-0.25, -0.2) is 0 Å². The zero-order chi connectivity index (χ0) is 13.1. The third-order valence-electron chi connectivity index (χ3n) is 5.03. The number of benzene rings is 1. The number of rotatable bonds is 6. The summed E-state index contributed by atoms with van der Waals surface area (Å²) in [4.78, 5) is 2.65. The summed E-state index contributed by atoms with van der Waals surface area (Å²) in [5.41, 5.74) is 1.45. The van der Waals surface area contributed by atoms with E-state index in [0.717, 1.165) is 29.6 Å². The summed E-state index contributed by atoms with van der Waals surface area (Å²) in [5.74, 6) is 3.08. The van der Waals surface area contributed by atoms with E-state index in [1.54, 1.807) is 0 Å². The molecule has 3 atom stereocenters. The zero-order valence-electron chi connectivity index (χ0n) is 11.6. The van der Waals surface area contributed by atoms with Crippen LogP contribution < -0.4 is 0 Å². The van der Waals surface area contributed by atoms with Crippen LogP contribution in [0, 0.1) is 17.8 Å². The maximum Gasteiger partial charge on any atom is 0.0234 e. The van der Waals surface area contributed by atoms with Crippen LogP contribution in [0.25, 0.3) is 0 Å². The third kappa shape index (κ3) is 3.41. The van der Waals surface area contributed by atoms with Gasteiger partial charge in [0, 0.05) is 25.0 Å². The minimum atomic E-state index is 0.974. The molecule has 2 fully saturated rings. The lowest BCUT2D eigenvalue weighted by atomic mass is 9.88. The van der Waals surface area contributed by atoms with Crippen molar-refractivity contribution in [2.45, 2.75) is 32.2 Å². The van der Waals surface area contributed by atoms with E-state index in [-0.39, 0.29) is 0 Å². The van der Waals surface area contributed by atoms with Gasteiger partial charge in [0.2, 0.25) is 0 Å². The van der Waals surface area contributed by atoms with Crippen LogP contribution >= 0.6 is 15.9 Å². The second-order valence-corrected chi connectivity index (χ2v) is 7.14. The minimum absolute atomic E-state index is 0.974. The summed E-state index contributed by atoms with van der Waals surface area (Å²) in [6.45, 7) is 3.59. The molecule has 0 radical (unpaired) electrons. The lowest BCUT2D eigenvalue weighted by Gasteiger charge is -2.29. The molecular formula is C17H24BrN. The largest absolute Gasteiger partial charge is 0.298 e. The predicted molar refractivity (Wildman–Crippen MR) is 84.5 cm³/mol. The second-order valence-electron chi connectivity index (χ2n) is 6.34. The van der Waals surface area contributed by atoms with Crippen LogP contribution in [0.15, 0.2) is 30.3 Å². The van der Waals surface area contributed by atoms with Gasteiger partial charge in [0.15, 0.2) is 0 Å². The molecule has 0 aromatic heterocycles. The molecule has 0 aliphatic heterocycles. The molecule has 0 spiro atoms. The normalized spacial score (nSPS) is 29.3. The molecule has 19 heavy (non-hydrogen) atoms. The van der Waals surface area contributed by atoms with Crippen molar-refractivity contribution >= 4 is 15.9 Å². The summed E-state index contributed by atoms with van der Waals surface area (Å²) in [6.07, 6.45) is 6.04. The summed E-state index contributed by atoms with van der Waals surface area (Å²) >= 11 is 3.61. The number of fused-ring (bicyclic) bond motifs is 2. The average Bonchev–Trinajstić information content (AvgIpc) is 3.02. The first-order valence-electron chi connectivity index (χ1n) is 7.67. The molecule has 3 rings (SSSR count). The number of halogens is 1. The molecule has 3 unspecified atom stereocenters. The smallest absolute Gasteiger partial charge is 0.0234 e. The van der Waals surface area contributed by atoms with E-state index in [2.05, 4.69) is 51.2 Å². The highest BCUT2D eigenvalue weighted by Crippen LogP contribution is 2.48. The van der Waals surface area contributed by atoms with Crippen molar-refractivity contribution in [1.82, 2.24) is 4.90 Å². The molecule has 2 heteroatoms. The molecule has 0 N–H and O–H groups in total. The summed E-state index contributed by atoms with van der Waals surface area (Å²) in [6, 6.07) is 10.9. The molecule has 2 saturated carbocycles. The molecular weight excluding hydrogens is 298 g/mol. The molecule has 0 saturated heterocycles. The number of hydrogen-bond acceptors (Lipinski definition) is 1. The van der Waals surface area contributed by atoms with Crippen LogP contribution in [-0.4, -0.2) is 23.3 Å². The fourth-order valence-electron chi connectivity index (χ4n) is 4.13. The first kappa shape index (κ1) is 13.6. The van der Waals surface area contributed by atoms with Crippen LogP contribution in [0.4, 0.5) is 0 Å². The van der Waals surface area contributed by atoms with Gasteiger partial charge in [-0.2, -0.15) is 0 Å². The fourth-order valence-corrected chi connectivity index (χ4v) is 4.63. The van der Waals surface area contributed by atoms with Gasteiger partial charge in [-0.05, 0) is 42.6 Å². The zero-order valence-corrected chi connectivity index (χ0v) is 13.2. The maximum absolute atomic E-state index is 3.61. The Balaban J connectivity index is 1.58. The van der Waals surface area contributed by atoms with Crippen LogP contribution in [0.3, 0.4) is 0 Å². The first-order valence-corrected chi connectivity index (χ1v) is 8.79. The molecule has 1 aromatic carbocycles. The van der Waals surface area contributed by atoms with Gasteiger partial charge in [0.25, 0.3) is 0 Å². The summed E-state index contributed by atoms with van der Waals surface area (Å²) < 4.78 is 0. The van der Waals surface area contributed by atoms with Gasteiger partial charge in [-0.1, -0.05) is 52.7 Å². The van der Waals surface area contributed by atoms with Crippen LogP contribution in [0.5, 0.6) is 0 Å². The van der Waals surface area contributed by atoms with Crippen LogP contribution in [0.2, 0.25) is 0 Å². The Morgan fingerprint density at radius 3 is 2.58 bits per heavy atom. The molecule has 0 heterocycles. The van der Waals surface area contributed by atoms with Crippen molar-refractivity contribution in [2.75, 3.05) is 18.4 Å². The fraction of sp³-hybridized carbons (Fsp3) is 0.647. The highest BCUT2D eigenvalue weighted by Gasteiger charge is 2.39. The van der Waals surface area contributed by atoms with Crippen molar-refractivity contribution in [3.8, 4) is 0 Å². The molecule has 104 valence electrons. The van der Waals surface area contributed by atoms with Crippen molar-refractivity contribution < 1.29 is 0 Å². The van der Waals surface area contributed by atoms with Gasteiger partial charge >= 0.3 is 0 Å². The van der Waals surface area contributed by atoms with E-state index in [9.17, 15) is 0 Å². The van der Waals surface area contributed by atoms with Gasteiger partial charge < -0.3 is 0 Å². The van der Waals surface area contributed by atoms with Crippen molar-refractivity contribution in [3.63, 3.8) is 0 Å². The number of nitrogens with zero attached hydrogens (tertiary/aromatic N) is 1. The quantitative estimate of drug-likeness (QED) is 0.705. The van der Waals surface area contributed by atoms with E-state index in [1.807, 2.05) is 0 Å².